The largest absolute Gasteiger partial charge is 0.472 e. The minimum absolute atomic E-state index is 0.105. The van der Waals surface area contributed by atoms with Crippen LogP contribution in [0, 0.1) is 5.92 Å². The highest BCUT2D eigenvalue weighted by molar-refractivity contribution is 7.47. The Morgan fingerprint density at radius 2 is 0.575 bits per heavy atom. The van der Waals surface area contributed by atoms with E-state index >= 15 is 0 Å². The normalized spacial score (nSPS) is 14.3. The second-order valence-corrected chi connectivity index (χ2v) is 25.5. The fraction of sp³-hybridized carbons (Fsp3) is 0.934. The highest BCUT2D eigenvalue weighted by atomic mass is 31.2. The molecule has 2 unspecified atom stereocenters. The lowest BCUT2D eigenvalue weighted by atomic mass is 10.0. The standard InChI is InChI=1S/C61H118O17P2/c1-6-9-12-15-17-19-26-30-35-40-45-59(64)72-51-57(78-61(66)47-42-37-32-28-24-22-21-23-25-29-34-38-43-54(4)5)53-76-80(69,70)74-49-55(62)48-73-79(67,68)75-52-56(50-71-58(63)44-39-33-14-11-8-3)77-60(65)46-41-36-31-27-20-18-16-13-10-7-2/h54-57,62H,6-53H2,1-5H3,(H,67,68)(H,69,70)/t55-,56+,57+/m0/s1. The summed E-state index contributed by atoms with van der Waals surface area (Å²) in [5.74, 6) is -1.37. The number of carbonyl (C=O) groups is 4. The zero-order chi connectivity index (χ0) is 59.2. The summed E-state index contributed by atoms with van der Waals surface area (Å²) in [6, 6.07) is 0. The van der Waals surface area contributed by atoms with Crippen LogP contribution in [0.1, 0.15) is 304 Å². The van der Waals surface area contributed by atoms with Gasteiger partial charge in [-0.3, -0.25) is 37.3 Å². The van der Waals surface area contributed by atoms with E-state index in [4.69, 9.17) is 37.0 Å². The molecule has 0 amide bonds. The van der Waals surface area contributed by atoms with Crippen LogP contribution in [-0.4, -0.2) is 96.7 Å². The molecule has 474 valence electrons. The van der Waals surface area contributed by atoms with E-state index in [-0.39, 0.29) is 25.7 Å². The number of hydrogen-bond acceptors (Lipinski definition) is 15. The van der Waals surface area contributed by atoms with Crippen molar-refractivity contribution in [2.45, 2.75) is 323 Å². The number of aliphatic hydroxyl groups is 1. The first-order valence-electron chi connectivity index (χ1n) is 32.1. The van der Waals surface area contributed by atoms with Crippen molar-refractivity contribution in [3.05, 3.63) is 0 Å². The van der Waals surface area contributed by atoms with Gasteiger partial charge in [-0.1, -0.05) is 253 Å². The van der Waals surface area contributed by atoms with Gasteiger partial charge in [0.1, 0.15) is 19.3 Å². The van der Waals surface area contributed by atoms with Gasteiger partial charge in [0.05, 0.1) is 26.4 Å². The molecule has 0 fully saturated rings. The maximum Gasteiger partial charge on any atom is 0.472 e. The second-order valence-electron chi connectivity index (χ2n) is 22.6. The predicted molar refractivity (Wildman–Crippen MR) is 317 cm³/mol. The van der Waals surface area contributed by atoms with Crippen molar-refractivity contribution in [3.63, 3.8) is 0 Å². The predicted octanol–water partition coefficient (Wildman–Crippen LogP) is 16.6. The molecule has 5 atom stereocenters. The van der Waals surface area contributed by atoms with Crippen molar-refractivity contribution in [3.8, 4) is 0 Å². The monoisotopic (exact) mass is 1180 g/mol. The molecule has 0 radical (unpaired) electrons. The molecule has 0 aliphatic rings. The van der Waals surface area contributed by atoms with Gasteiger partial charge in [0.25, 0.3) is 0 Å². The second kappa shape index (κ2) is 55.0. The summed E-state index contributed by atoms with van der Waals surface area (Å²) in [5.41, 5.74) is 0. The average molecular weight is 1190 g/mol. The Hall–Kier alpha value is -1.94. The number of esters is 4. The van der Waals surface area contributed by atoms with E-state index in [0.29, 0.717) is 25.7 Å². The number of phosphoric acid groups is 2. The van der Waals surface area contributed by atoms with E-state index in [1.165, 1.54) is 122 Å². The number of hydrogen-bond donors (Lipinski definition) is 3. The smallest absolute Gasteiger partial charge is 0.462 e. The molecule has 0 rings (SSSR count). The van der Waals surface area contributed by atoms with Crippen LogP contribution in [0.5, 0.6) is 0 Å². The molecule has 0 heterocycles. The molecule has 0 saturated carbocycles. The Kier molecular flexibility index (Phi) is 53.6. The molecule has 80 heavy (non-hydrogen) atoms. The molecule has 0 bridgehead atoms. The fourth-order valence-electron chi connectivity index (χ4n) is 9.05. The maximum absolute atomic E-state index is 12.9. The number of phosphoric ester groups is 2. The van der Waals surface area contributed by atoms with Gasteiger partial charge in [-0.05, 0) is 31.6 Å². The summed E-state index contributed by atoms with van der Waals surface area (Å²) in [6.45, 7) is 7.08. The van der Waals surface area contributed by atoms with Gasteiger partial charge in [-0.15, -0.1) is 0 Å². The Morgan fingerprint density at radius 3 is 0.850 bits per heavy atom. The van der Waals surface area contributed by atoms with E-state index in [0.717, 1.165) is 102 Å². The van der Waals surface area contributed by atoms with E-state index in [1.807, 2.05) is 0 Å². The van der Waals surface area contributed by atoms with E-state index in [9.17, 15) is 43.2 Å². The summed E-state index contributed by atoms with van der Waals surface area (Å²) in [5, 5.41) is 10.5. The van der Waals surface area contributed by atoms with Gasteiger partial charge in [-0.2, -0.15) is 0 Å². The quantitative estimate of drug-likeness (QED) is 0.0222. The topological polar surface area (TPSA) is 237 Å². The molecule has 0 aromatic heterocycles. The number of ether oxygens (including phenoxy) is 4. The number of unbranched alkanes of at least 4 members (excludes halogenated alkanes) is 33. The van der Waals surface area contributed by atoms with E-state index in [2.05, 4.69) is 34.6 Å². The molecule has 0 saturated heterocycles. The third-order valence-electron chi connectivity index (χ3n) is 14.0. The van der Waals surface area contributed by atoms with Gasteiger partial charge in [0.15, 0.2) is 12.2 Å². The van der Waals surface area contributed by atoms with Crippen LogP contribution in [0.15, 0.2) is 0 Å². The van der Waals surface area contributed by atoms with Crippen LogP contribution in [0.2, 0.25) is 0 Å². The van der Waals surface area contributed by atoms with Crippen molar-refractivity contribution < 1.29 is 80.2 Å². The fourth-order valence-corrected chi connectivity index (χ4v) is 10.6. The van der Waals surface area contributed by atoms with Gasteiger partial charge in [0.2, 0.25) is 0 Å². The zero-order valence-electron chi connectivity index (χ0n) is 51.2. The number of carbonyl (C=O) groups excluding carboxylic acids is 4. The molecule has 0 aliphatic carbocycles. The summed E-state index contributed by atoms with van der Waals surface area (Å²) >= 11 is 0. The maximum atomic E-state index is 12.9. The first-order chi connectivity index (χ1) is 38.5. The Bertz CT molecular complexity index is 1570. The zero-order valence-corrected chi connectivity index (χ0v) is 53.0. The summed E-state index contributed by atoms with van der Waals surface area (Å²) in [6.07, 6.45) is 37.8. The van der Waals surface area contributed by atoms with Gasteiger partial charge in [0, 0.05) is 25.7 Å². The van der Waals surface area contributed by atoms with E-state index < -0.39 is 97.5 Å². The van der Waals surface area contributed by atoms with Crippen molar-refractivity contribution in [1.82, 2.24) is 0 Å². The van der Waals surface area contributed by atoms with Crippen LogP contribution in [0.4, 0.5) is 0 Å². The van der Waals surface area contributed by atoms with Crippen LogP contribution in [0.3, 0.4) is 0 Å². The third kappa shape index (κ3) is 55.3. The number of aliphatic hydroxyl groups excluding tert-OH is 1. The van der Waals surface area contributed by atoms with Gasteiger partial charge in [-0.25, -0.2) is 9.13 Å². The molecular formula is C61H118O17P2. The molecule has 17 nitrogen and oxygen atoms in total. The number of rotatable bonds is 61. The van der Waals surface area contributed by atoms with Crippen LogP contribution in [0.25, 0.3) is 0 Å². The Morgan fingerprint density at radius 1 is 0.338 bits per heavy atom. The molecule has 3 N–H and O–H groups in total. The summed E-state index contributed by atoms with van der Waals surface area (Å²) in [7, 11) is -9.87. The van der Waals surface area contributed by atoms with Crippen LogP contribution in [-0.2, 0) is 65.4 Å². The van der Waals surface area contributed by atoms with Crippen molar-refractivity contribution in [2.24, 2.45) is 5.92 Å². The summed E-state index contributed by atoms with van der Waals surface area (Å²) in [4.78, 5) is 71.8. The highest BCUT2D eigenvalue weighted by Gasteiger charge is 2.30. The molecular weight excluding hydrogens is 1070 g/mol. The molecule has 0 spiro atoms. The first kappa shape index (κ1) is 78.1. The van der Waals surface area contributed by atoms with E-state index in [1.54, 1.807) is 0 Å². The Labute approximate surface area is 486 Å². The average Bonchev–Trinajstić information content (AvgIpc) is 3.42. The lowest BCUT2D eigenvalue weighted by Crippen LogP contribution is -2.30. The minimum Gasteiger partial charge on any atom is -0.462 e. The molecule has 19 heteroatoms. The summed E-state index contributed by atoms with van der Waals surface area (Å²) < 4.78 is 67.7. The van der Waals surface area contributed by atoms with Gasteiger partial charge < -0.3 is 33.8 Å². The van der Waals surface area contributed by atoms with Crippen molar-refractivity contribution in [1.29, 1.82) is 0 Å². The minimum atomic E-state index is -4.94. The highest BCUT2D eigenvalue weighted by Crippen LogP contribution is 2.45. The lowest BCUT2D eigenvalue weighted by molar-refractivity contribution is -0.161. The molecule has 0 aliphatic heterocycles. The van der Waals surface area contributed by atoms with Crippen molar-refractivity contribution >= 4 is 39.5 Å². The third-order valence-corrected chi connectivity index (χ3v) is 15.9. The SMILES string of the molecule is CCCCCCCCCCCCC(=O)OC[C@H](COP(=O)(O)OC[C@@H](O)COP(=O)(O)OC[C@@H](COC(=O)CCCCCCC)OC(=O)CCCCCCCCCCCC)OC(=O)CCCCCCCCCCCCCCC(C)C. The molecule has 0 aromatic carbocycles. The Balaban J connectivity index is 5.16. The first-order valence-corrected chi connectivity index (χ1v) is 35.1. The van der Waals surface area contributed by atoms with Crippen molar-refractivity contribution in [2.75, 3.05) is 39.6 Å². The lowest BCUT2D eigenvalue weighted by Gasteiger charge is -2.21. The van der Waals surface area contributed by atoms with Gasteiger partial charge >= 0.3 is 39.5 Å². The van der Waals surface area contributed by atoms with Crippen LogP contribution < -0.4 is 0 Å². The van der Waals surface area contributed by atoms with Crippen LogP contribution >= 0.6 is 15.6 Å². The molecule has 0 aromatic rings.